The van der Waals surface area contributed by atoms with Gasteiger partial charge in [-0.05, 0) is 19.1 Å². The number of aromatic nitrogens is 4. The van der Waals surface area contributed by atoms with E-state index in [4.69, 9.17) is 5.73 Å². The Balaban J connectivity index is 2.19. The second kappa shape index (κ2) is 6.07. The van der Waals surface area contributed by atoms with E-state index >= 15 is 0 Å². The SMILES string of the molecule is CCn1cnnc1CNS(=O)(=O)c1cccnc1CN. The van der Waals surface area contributed by atoms with Gasteiger partial charge in [0.1, 0.15) is 17.0 Å². The zero-order valence-electron chi connectivity index (χ0n) is 11.0. The second-order valence-electron chi connectivity index (χ2n) is 4.01. The van der Waals surface area contributed by atoms with E-state index in [1.165, 1.54) is 12.3 Å². The van der Waals surface area contributed by atoms with Crippen LogP contribution in [0.15, 0.2) is 29.6 Å². The van der Waals surface area contributed by atoms with Crippen molar-refractivity contribution in [2.45, 2.75) is 31.5 Å². The van der Waals surface area contributed by atoms with Crippen LogP contribution in [-0.2, 0) is 29.7 Å². The summed E-state index contributed by atoms with van der Waals surface area (Å²) in [5.41, 5.74) is 5.83. The van der Waals surface area contributed by atoms with E-state index in [0.29, 0.717) is 18.1 Å². The number of nitrogens with one attached hydrogen (secondary N) is 1. The molecule has 0 fully saturated rings. The molecule has 0 aliphatic rings. The molecule has 0 saturated carbocycles. The van der Waals surface area contributed by atoms with Gasteiger partial charge in [0, 0.05) is 19.3 Å². The number of nitrogens with zero attached hydrogens (tertiary/aromatic N) is 4. The zero-order chi connectivity index (χ0) is 14.6. The normalized spacial score (nSPS) is 11.7. The van der Waals surface area contributed by atoms with Crippen LogP contribution in [0.2, 0.25) is 0 Å². The van der Waals surface area contributed by atoms with Gasteiger partial charge in [-0.25, -0.2) is 13.1 Å². The zero-order valence-corrected chi connectivity index (χ0v) is 11.8. The van der Waals surface area contributed by atoms with Gasteiger partial charge in [0.25, 0.3) is 0 Å². The number of nitrogens with two attached hydrogens (primary N) is 1. The summed E-state index contributed by atoms with van der Waals surface area (Å²) < 4.78 is 28.7. The summed E-state index contributed by atoms with van der Waals surface area (Å²) in [6, 6.07) is 3.03. The van der Waals surface area contributed by atoms with Crippen LogP contribution in [0, 0.1) is 0 Å². The molecule has 9 heteroatoms. The Morgan fingerprint density at radius 2 is 2.25 bits per heavy atom. The molecule has 8 nitrogen and oxygen atoms in total. The van der Waals surface area contributed by atoms with E-state index < -0.39 is 10.0 Å². The van der Waals surface area contributed by atoms with Crippen LogP contribution in [0.4, 0.5) is 0 Å². The molecule has 0 atom stereocenters. The Bertz CT molecular complexity index is 682. The third-order valence-electron chi connectivity index (χ3n) is 2.79. The van der Waals surface area contributed by atoms with Gasteiger partial charge in [0.2, 0.25) is 10.0 Å². The minimum Gasteiger partial charge on any atom is -0.325 e. The topological polar surface area (TPSA) is 116 Å². The molecule has 2 aromatic rings. The van der Waals surface area contributed by atoms with Crippen LogP contribution < -0.4 is 10.5 Å². The van der Waals surface area contributed by atoms with Crippen molar-refractivity contribution < 1.29 is 8.42 Å². The molecule has 108 valence electrons. The highest BCUT2D eigenvalue weighted by molar-refractivity contribution is 7.89. The predicted octanol–water partition coefficient (Wildman–Crippen LogP) is -0.370. The van der Waals surface area contributed by atoms with Gasteiger partial charge < -0.3 is 10.3 Å². The fraction of sp³-hybridized carbons (Fsp3) is 0.364. The molecule has 0 aromatic carbocycles. The summed E-state index contributed by atoms with van der Waals surface area (Å²) in [5.74, 6) is 0.550. The second-order valence-corrected chi connectivity index (χ2v) is 5.75. The summed E-state index contributed by atoms with van der Waals surface area (Å²) >= 11 is 0. The molecule has 0 radical (unpaired) electrons. The Hall–Kier alpha value is -1.84. The number of sulfonamides is 1. The highest BCUT2D eigenvalue weighted by Crippen LogP contribution is 2.12. The van der Waals surface area contributed by atoms with Crippen molar-refractivity contribution in [1.82, 2.24) is 24.5 Å². The highest BCUT2D eigenvalue weighted by atomic mass is 32.2. The maximum absolute atomic E-state index is 12.2. The summed E-state index contributed by atoms with van der Waals surface area (Å²) in [6.07, 6.45) is 3.06. The molecule has 0 spiro atoms. The number of hydrogen-bond acceptors (Lipinski definition) is 6. The van der Waals surface area contributed by atoms with Crippen molar-refractivity contribution in [2.24, 2.45) is 5.73 Å². The monoisotopic (exact) mass is 296 g/mol. The molecule has 20 heavy (non-hydrogen) atoms. The maximum atomic E-state index is 12.2. The van der Waals surface area contributed by atoms with Crippen molar-refractivity contribution in [1.29, 1.82) is 0 Å². The Kier molecular flexibility index (Phi) is 4.42. The van der Waals surface area contributed by atoms with Gasteiger partial charge in [0.15, 0.2) is 0 Å². The minimum atomic E-state index is -3.68. The van der Waals surface area contributed by atoms with Gasteiger partial charge in [-0.1, -0.05) is 0 Å². The van der Waals surface area contributed by atoms with E-state index in [2.05, 4.69) is 19.9 Å². The molecule has 0 aliphatic heterocycles. The molecule has 2 aromatic heterocycles. The van der Waals surface area contributed by atoms with Crippen LogP contribution in [0.5, 0.6) is 0 Å². The van der Waals surface area contributed by atoms with Gasteiger partial charge >= 0.3 is 0 Å². The number of pyridine rings is 1. The molecule has 0 bridgehead atoms. The van der Waals surface area contributed by atoms with Crippen molar-refractivity contribution in [3.63, 3.8) is 0 Å². The Morgan fingerprint density at radius 3 is 2.95 bits per heavy atom. The third kappa shape index (κ3) is 3.00. The maximum Gasteiger partial charge on any atom is 0.242 e. The van der Waals surface area contributed by atoms with Crippen LogP contribution in [0.25, 0.3) is 0 Å². The van der Waals surface area contributed by atoms with Gasteiger partial charge in [-0.2, -0.15) is 0 Å². The minimum absolute atomic E-state index is 0.0578. The average Bonchev–Trinajstić information content (AvgIpc) is 2.92. The molecule has 2 heterocycles. The summed E-state index contributed by atoms with van der Waals surface area (Å²) in [7, 11) is -3.68. The van der Waals surface area contributed by atoms with Gasteiger partial charge in [-0.15, -0.1) is 10.2 Å². The lowest BCUT2D eigenvalue weighted by Gasteiger charge is -2.09. The Labute approximate surface area is 117 Å². The molecule has 2 rings (SSSR count). The summed E-state index contributed by atoms with van der Waals surface area (Å²) in [5, 5.41) is 7.62. The molecule has 0 unspecified atom stereocenters. The first kappa shape index (κ1) is 14.6. The van der Waals surface area contributed by atoms with Gasteiger partial charge in [0.05, 0.1) is 12.2 Å². The first-order valence-corrected chi connectivity index (χ1v) is 7.57. The van der Waals surface area contributed by atoms with E-state index in [9.17, 15) is 8.42 Å². The number of hydrogen-bond donors (Lipinski definition) is 2. The van der Waals surface area contributed by atoms with Crippen LogP contribution in [0.1, 0.15) is 18.4 Å². The third-order valence-corrected chi connectivity index (χ3v) is 4.26. The predicted molar refractivity (Wildman–Crippen MR) is 71.8 cm³/mol. The van der Waals surface area contributed by atoms with E-state index in [1.807, 2.05) is 6.92 Å². The number of aryl methyl sites for hydroxylation is 1. The first-order chi connectivity index (χ1) is 9.58. The van der Waals surface area contributed by atoms with E-state index in [-0.39, 0.29) is 18.0 Å². The van der Waals surface area contributed by atoms with Crippen LogP contribution in [-0.4, -0.2) is 28.2 Å². The van der Waals surface area contributed by atoms with Crippen molar-refractivity contribution >= 4 is 10.0 Å². The van der Waals surface area contributed by atoms with Crippen LogP contribution in [0.3, 0.4) is 0 Å². The molecule has 0 amide bonds. The van der Waals surface area contributed by atoms with Gasteiger partial charge in [-0.3, -0.25) is 4.98 Å². The lowest BCUT2D eigenvalue weighted by Crippen LogP contribution is -2.26. The average molecular weight is 296 g/mol. The molecular weight excluding hydrogens is 280 g/mol. The standard InChI is InChI=1S/C11H16N6O2S/c1-2-17-8-14-16-11(17)7-15-20(18,19)10-4-3-5-13-9(10)6-12/h3-5,8,15H,2,6-7,12H2,1H3. The molecule has 3 N–H and O–H groups in total. The highest BCUT2D eigenvalue weighted by Gasteiger charge is 2.19. The fourth-order valence-electron chi connectivity index (χ4n) is 1.74. The lowest BCUT2D eigenvalue weighted by atomic mass is 10.3. The largest absolute Gasteiger partial charge is 0.325 e. The smallest absolute Gasteiger partial charge is 0.242 e. The van der Waals surface area contributed by atoms with Crippen LogP contribution >= 0.6 is 0 Å². The van der Waals surface area contributed by atoms with E-state index in [0.717, 1.165) is 0 Å². The van der Waals surface area contributed by atoms with Crippen molar-refractivity contribution in [2.75, 3.05) is 0 Å². The van der Waals surface area contributed by atoms with E-state index in [1.54, 1.807) is 17.0 Å². The Morgan fingerprint density at radius 1 is 1.45 bits per heavy atom. The molecule has 0 aliphatic carbocycles. The number of rotatable bonds is 6. The fourth-order valence-corrected chi connectivity index (χ4v) is 2.92. The lowest BCUT2D eigenvalue weighted by molar-refractivity contribution is 0.573. The first-order valence-electron chi connectivity index (χ1n) is 6.08. The molecule has 0 saturated heterocycles. The quantitative estimate of drug-likeness (QED) is 0.751. The van der Waals surface area contributed by atoms with Crippen molar-refractivity contribution in [3.05, 3.63) is 36.2 Å². The molecular formula is C11H16N6O2S. The van der Waals surface area contributed by atoms with Crippen molar-refractivity contribution in [3.8, 4) is 0 Å². The summed E-state index contributed by atoms with van der Waals surface area (Å²) in [4.78, 5) is 4.05. The summed E-state index contributed by atoms with van der Waals surface area (Å²) in [6.45, 7) is 2.72.